The molecule has 0 saturated carbocycles. The minimum Gasteiger partial charge on any atom is -0.391 e. The molecule has 1 unspecified atom stereocenters. The molecule has 1 atom stereocenters. The van der Waals surface area contributed by atoms with E-state index in [4.69, 9.17) is 5.11 Å². The van der Waals surface area contributed by atoms with Gasteiger partial charge in [0.25, 0.3) is 0 Å². The summed E-state index contributed by atoms with van der Waals surface area (Å²) in [5.41, 5.74) is 0. The number of alkyl halides is 1. The molecule has 0 aromatic carbocycles. The lowest BCUT2D eigenvalue weighted by molar-refractivity contribution is 0.198. The summed E-state index contributed by atoms with van der Waals surface area (Å²) in [7, 11) is 0. The second kappa shape index (κ2) is 7.85. The van der Waals surface area contributed by atoms with Gasteiger partial charge in [0.1, 0.15) is 0 Å². The highest BCUT2D eigenvalue weighted by molar-refractivity contribution is 9.09. The zero-order chi connectivity index (χ0) is 7.82. The van der Waals surface area contributed by atoms with Crippen LogP contribution >= 0.6 is 27.7 Å². The van der Waals surface area contributed by atoms with Crippen LogP contribution < -0.4 is 5.32 Å². The van der Waals surface area contributed by atoms with Crippen LogP contribution in [0.2, 0.25) is 0 Å². The molecule has 0 aromatic heterocycles. The van der Waals surface area contributed by atoms with Crippen molar-refractivity contribution in [3.8, 4) is 0 Å². The van der Waals surface area contributed by atoms with E-state index in [1.807, 2.05) is 0 Å². The molecule has 0 spiro atoms. The Morgan fingerprint density at radius 1 is 1.70 bits per heavy atom. The van der Waals surface area contributed by atoms with Crippen LogP contribution in [0.4, 0.5) is 0 Å². The molecular weight excluding hydrogens is 214 g/mol. The Kier molecular flexibility index (Phi) is 8.44. The van der Waals surface area contributed by atoms with Gasteiger partial charge in [-0.15, -0.1) is 0 Å². The van der Waals surface area contributed by atoms with Crippen molar-refractivity contribution in [2.45, 2.75) is 6.10 Å². The summed E-state index contributed by atoms with van der Waals surface area (Å²) >= 11 is 4.99. The molecule has 0 radical (unpaired) electrons. The number of aliphatic hydroxyl groups excluding tert-OH is 1. The molecule has 0 heterocycles. The van der Waals surface area contributed by atoms with E-state index >= 15 is 0 Å². The topological polar surface area (TPSA) is 32.3 Å². The molecular formula is C6H14BrNOS. The largest absolute Gasteiger partial charge is 0.391 e. The van der Waals surface area contributed by atoms with Crippen LogP contribution in [0.3, 0.4) is 0 Å². The predicted octanol–water partition coefficient (Wildman–Crippen LogP) is 0.695. The predicted molar refractivity (Wildman–Crippen MR) is 51.1 cm³/mol. The summed E-state index contributed by atoms with van der Waals surface area (Å²) in [5.74, 6) is 1.11. The third kappa shape index (κ3) is 6.86. The van der Waals surface area contributed by atoms with Gasteiger partial charge in [0, 0.05) is 24.2 Å². The third-order valence-electron chi connectivity index (χ3n) is 1.04. The second-order valence-electron chi connectivity index (χ2n) is 2.01. The molecule has 0 saturated heterocycles. The molecule has 0 aromatic rings. The molecule has 4 heteroatoms. The van der Waals surface area contributed by atoms with Crippen molar-refractivity contribution in [3.05, 3.63) is 0 Å². The van der Waals surface area contributed by atoms with Crippen LogP contribution in [0.25, 0.3) is 0 Å². The summed E-state index contributed by atoms with van der Waals surface area (Å²) in [6, 6.07) is 0. The smallest absolute Gasteiger partial charge is 0.0761 e. The summed E-state index contributed by atoms with van der Waals surface area (Å²) in [5, 5.41) is 12.8. The first kappa shape index (κ1) is 10.8. The van der Waals surface area contributed by atoms with Gasteiger partial charge in [-0.2, -0.15) is 11.8 Å². The van der Waals surface area contributed by atoms with E-state index in [1.165, 1.54) is 0 Å². The maximum Gasteiger partial charge on any atom is 0.0761 e. The van der Waals surface area contributed by atoms with Crippen LogP contribution in [0.5, 0.6) is 0 Å². The zero-order valence-corrected chi connectivity index (χ0v) is 8.54. The fraction of sp³-hybridized carbons (Fsp3) is 1.00. The van der Waals surface area contributed by atoms with Gasteiger partial charge in [-0.05, 0) is 6.26 Å². The van der Waals surface area contributed by atoms with Crippen LogP contribution in [0, 0.1) is 0 Å². The Hall–Kier alpha value is 0.750. The second-order valence-corrected chi connectivity index (χ2v) is 3.64. The third-order valence-corrected chi connectivity index (χ3v) is 2.40. The van der Waals surface area contributed by atoms with Gasteiger partial charge in [-0.1, -0.05) is 15.9 Å². The number of aliphatic hydroxyl groups is 1. The average molecular weight is 228 g/mol. The van der Waals surface area contributed by atoms with Crippen molar-refractivity contribution in [2.24, 2.45) is 0 Å². The van der Waals surface area contributed by atoms with E-state index in [0.717, 1.165) is 12.3 Å². The minimum absolute atomic E-state index is 0.248. The Balaban J connectivity index is 2.89. The average Bonchev–Trinajstić information content (AvgIpc) is 1.98. The fourth-order valence-corrected chi connectivity index (χ4v) is 1.07. The first-order valence-corrected chi connectivity index (χ1v) is 5.76. The van der Waals surface area contributed by atoms with Crippen LogP contribution in [-0.2, 0) is 0 Å². The van der Waals surface area contributed by atoms with Crippen LogP contribution in [0.1, 0.15) is 0 Å². The number of halogens is 1. The first-order valence-electron chi connectivity index (χ1n) is 3.25. The molecule has 2 N–H and O–H groups in total. The lowest BCUT2D eigenvalue weighted by atomic mass is 10.4. The standard InChI is InChI=1S/C6H14BrNOS/c1-10-3-2-8-5-6(9)4-7/h6,8-9H,2-5H2,1H3. The number of hydrogen-bond donors (Lipinski definition) is 2. The number of rotatable bonds is 6. The van der Waals surface area contributed by atoms with E-state index in [0.29, 0.717) is 11.9 Å². The number of nitrogens with one attached hydrogen (secondary N) is 1. The SMILES string of the molecule is CSCCNCC(O)CBr. The maximum absolute atomic E-state index is 9.04. The normalized spacial score (nSPS) is 13.5. The molecule has 2 nitrogen and oxygen atoms in total. The molecule has 0 aliphatic heterocycles. The van der Waals surface area contributed by atoms with Crippen molar-refractivity contribution in [1.29, 1.82) is 0 Å². The Morgan fingerprint density at radius 3 is 2.90 bits per heavy atom. The highest BCUT2D eigenvalue weighted by Crippen LogP contribution is 1.89. The van der Waals surface area contributed by atoms with Crippen LogP contribution in [-0.4, -0.2) is 41.6 Å². The molecule has 0 aliphatic rings. The summed E-state index contributed by atoms with van der Waals surface area (Å²) < 4.78 is 0. The van der Waals surface area contributed by atoms with Gasteiger partial charge in [0.05, 0.1) is 6.10 Å². The van der Waals surface area contributed by atoms with E-state index in [1.54, 1.807) is 11.8 Å². The van der Waals surface area contributed by atoms with Gasteiger partial charge in [-0.25, -0.2) is 0 Å². The van der Waals surface area contributed by atoms with Crippen molar-refractivity contribution in [3.63, 3.8) is 0 Å². The molecule has 0 amide bonds. The van der Waals surface area contributed by atoms with Crippen molar-refractivity contribution < 1.29 is 5.11 Å². The van der Waals surface area contributed by atoms with Gasteiger partial charge < -0.3 is 10.4 Å². The van der Waals surface area contributed by atoms with E-state index < -0.39 is 0 Å². The summed E-state index contributed by atoms with van der Waals surface area (Å²) in [6.45, 7) is 1.66. The molecule has 62 valence electrons. The monoisotopic (exact) mass is 227 g/mol. The van der Waals surface area contributed by atoms with Gasteiger partial charge in [-0.3, -0.25) is 0 Å². The minimum atomic E-state index is -0.248. The van der Waals surface area contributed by atoms with Crippen molar-refractivity contribution in [2.75, 3.05) is 30.4 Å². The molecule has 0 bridgehead atoms. The van der Waals surface area contributed by atoms with Crippen molar-refractivity contribution >= 4 is 27.7 Å². The number of thioether (sulfide) groups is 1. The number of hydrogen-bond acceptors (Lipinski definition) is 3. The van der Waals surface area contributed by atoms with Crippen molar-refractivity contribution in [1.82, 2.24) is 5.32 Å². The highest BCUT2D eigenvalue weighted by Gasteiger charge is 1.98. The maximum atomic E-state index is 9.04. The summed E-state index contributed by atoms with van der Waals surface area (Å²) in [6.07, 6.45) is 1.82. The lowest BCUT2D eigenvalue weighted by Gasteiger charge is -2.06. The Morgan fingerprint density at radius 2 is 2.40 bits per heavy atom. The van der Waals surface area contributed by atoms with Gasteiger partial charge >= 0.3 is 0 Å². The first-order chi connectivity index (χ1) is 4.81. The summed E-state index contributed by atoms with van der Waals surface area (Å²) in [4.78, 5) is 0. The molecule has 0 rings (SSSR count). The highest BCUT2D eigenvalue weighted by atomic mass is 79.9. The van der Waals surface area contributed by atoms with Gasteiger partial charge in [0.2, 0.25) is 0 Å². The quantitative estimate of drug-likeness (QED) is 0.518. The Labute approximate surface area is 74.9 Å². The van der Waals surface area contributed by atoms with E-state index in [-0.39, 0.29) is 6.10 Å². The molecule has 0 fully saturated rings. The molecule has 10 heavy (non-hydrogen) atoms. The van der Waals surface area contributed by atoms with Gasteiger partial charge in [0.15, 0.2) is 0 Å². The lowest BCUT2D eigenvalue weighted by Crippen LogP contribution is -2.29. The Bertz CT molecular complexity index is 74.8. The molecule has 0 aliphatic carbocycles. The van der Waals surface area contributed by atoms with E-state index in [2.05, 4.69) is 27.5 Å². The zero-order valence-electron chi connectivity index (χ0n) is 6.14. The fourth-order valence-electron chi connectivity index (χ4n) is 0.497. The van der Waals surface area contributed by atoms with Crippen LogP contribution in [0.15, 0.2) is 0 Å². The van der Waals surface area contributed by atoms with E-state index in [9.17, 15) is 0 Å².